The molecule has 0 unspecified atom stereocenters. The fraction of sp³-hybridized carbons (Fsp3) is 0.333. The van der Waals surface area contributed by atoms with Crippen LogP contribution in [0.15, 0.2) is 35.4 Å². The third-order valence-corrected chi connectivity index (χ3v) is 3.36. The van der Waals surface area contributed by atoms with Crippen molar-refractivity contribution in [1.82, 2.24) is 4.98 Å². The molecular weight excluding hydrogens is 242 g/mol. The van der Waals surface area contributed by atoms with Gasteiger partial charge in [0.2, 0.25) is 0 Å². The molecule has 1 aromatic carbocycles. The largest absolute Gasteiger partial charge is 0.294 e. The Balaban J connectivity index is 2.39. The Morgan fingerprint density at radius 2 is 2.11 bits per heavy atom. The van der Waals surface area contributed by atoms with Crippen molar-refractivity contribution in [2.75, 3.05) is 0 Å². The van der Waals surface area contributed by atoms with Crippen molar-refractivity contribution in [3.05, 3.63) is 36.0 Å². The van der Waals surface area contributed by atoms with E-state index in [4.69, 9.17) is 0 Å². The van der Waals surface area contributed by atoms with Gasteiger partial charge in [-0.05, 0) is 30.5 Å². The second-order valence-corrected chi connectivity index (χ2v) is 5.37. The quantitative estimate of drug-likeness (QED) is 0.660. The number of Topliss-reactive ketones (excluding diaryl/α,β-unsaturated/α-hetero) is 1. The van der Waals surface area contributed by atoms with Crippen LogP contribution in [0.4, 0.5) is 0 Å². The highest BCUT2D eigenvalue weighted by Gasteiger charge is 2.12. The number of hydrogen-bond donors (Lipinski definition) is 1. The van der Waals surface area contributed by atoms with Gasteiger partial charge in [0.25, 0.3) is 0 Å². The number of benzene rings is 1. The molecule has 18 heavy (non-hydrogen) atoms. The molecule has 0 saturated carbocycles. The van der Waals surface area contributed by atoms with E-state index in [2.05, 4.69) is 31.5 Å². The van der Waals surface area contributed by atoms with Crippen LogP contribution < -0.4 is 0 Å². The standard InChI is InChI=1S/C15H17NOS/c1-10(2)5-7-13(17)11-6-8-14(18)15-12(11)4-3-9-16-15/h3-4,6,8-10,18H,5,7H2,1-2H3. The van der Waals surface area contributed by atoms with E-state index in [1.54, 1.807) is 6.20 Å². The maximum Gasteiger partial charge on any atom is 0.163 e. The number of pyridine rings is 1. The van der Waals surface area contributed by atoms with Crippen LogP contribution in [0.25, 0.3) is 10.9 Å². The molecule has 1 aromatic heterocycles. The van der Waals surface area contributed by atoms with E-state index in [-0.39, 0.29) is 5.78 Å². The topological polar surface area (TPSA) is 30.0 Å². The van der Waals surface area contributed by atoms with Crippen molar-refractivity contribution in [1.29, 1.82) is 0 Å². The molecule has 0 radical (unpaired) electrons. The zero-order valence-electron chi connectivity index (χ0n) is 10.7. The highest BCUT2D eigenvalue weighted by atomic mass is 32.1. The molecule has 2 rings (SSSR count). The Morgan fingerprint density at radius 1 is 1.33 bits per heavy atom. The molecule has 1 heterocycles. The Kier molecular flexibility index (Phi) is 4.02. The lowest BCUT2D eigenvalue weighted by Gasteiger charge is -2.08. The summed E-state index contributed by atoms with van der Waals surface area (Å²) in [6.45, 7) is 4.26. The zero-order valence-corrected chi connectivity index (χ0v) is 11.6. The van der Waals surface area contributed by atoms with Crippen LogP contribution in [0.1, 0.15) is 37.0 Å². The molecule has 0 spiro atoms. The monoisotopic (exact) mass is 259 g/mol. The van der Waals surface area contributed by atoms with Gasteiger partial charge in [-0.1, -0.05) is 19.9 Å². The molecule has 0 aliphatic carbocycles. The van der Waals surface area contributed by atoms with E-state index in [1.165, 1.54) is 0 Å². The van der Waals surface area contributed by atoms with Crippen molar-refractivity contribution in [3.63, 3.8) is 0 Å². The molecule has 0 amide bonds. The van der Waals surface area contributed by atoms with Gasteiger partial charge in [-0.15, -0.1) is 12.6 Å². The smallest absolute Gasteiger partial charge is 0.163 e. The van der Waals surface area contributed by atoms with Gasteiger partial charge >= 0.3 is 0 Å². The lowest BCUT2D eigenvalue weighted by molar-refractivity contribution is 0.0977. The summed E-state index contributed by atoms with van der Waals surface area (Å²) < 4.78 is 0. The lowest BCUT2D eigenvalue weighted by Crippen LogP contribution is -2.02. The van der Waals surface area contributed by atoms with Gasteiger partial charge in [0.1, 0.15) is 0 Å². The molecule has 0 aliphatic rings. The van der Waals surface area contributed by atoms with Crippen molar-refractivity contribution >= 4 is 29.3 Å². The first-order chi connectivity index (χ1) is 8.59. The SMILES string of the molecule is CC(C)CCC(=O)c1ccc(S)c2ncccc12. The normalized spacial score (nSPS) is 11.1. The van der Waals surface area contributed by atoms with Crippen LogP contribution in [0.2, 0.25) is 0 Å². The summed E-state index contributed by atoms with van der Waals surface area (Å²) in [5.74, 6) is 0.734. The number of rotatable bonds is 4. The second kappa shape index (κ2) is 5.53. The Labute approximate surface area is 113 Å². The van der Waals surface area contributed by atoms with E-state index >= 15 is 0 Å². The highest BCUT2D eigenvalue weighted by molar-refractivity contribution is 7.80. The molecule has 3 heteroatoms. The van der Waals surface area contributed by atoms with Crippen molar-refractivity contribution in [3.8, 4) is 0 Å². The van der Waals surface area contributed by atoms with Gasteiger partial charge in [0, 0.05) is 28.5 Å². The molecular formula is C15H17NOS. The summed E-state index contributed by atoms with van der Waals surface area (Å²) >= 11 is 4.38. The van der Waals surface area contributed by atoms with Crippen LogP contribution >= 0.6 is 12.6 Å². The van der Waals surface area contributed by atoms with Gasteiger partial charge in [0.05, 0.1) is 5.52 Å². The summed E-state index contributed by atoms with van der Waals surface area (Å²) in [6, 6.07) is 7.50. The summed E-state index contributed by atoms with van der Waals surface area (Å²) in [5.41, 5.74) is 1.56. The molecule has 2 aromatic rings. The first-order valence-corrected chi connectivity index (χ1v) is 6.64. The van der Waals surface area contributed by atoms with Crippen molar-refractivity contribution < 1.29 is 4.79 Å². The number of nitrogens with zero attached hydrogens (tertiary/aromatic N) is 1. The van der Waals surface area contributed by atoms with E-state index in [0.29, 0.717) is 12.3 Å². The predicted molar refractivity (Wildman–Crippen MR) is 77.4 cm³/mol. The first-order valence-electron chi connectivity index (χ1n) is 6.19. The number of fused-ring (bicyclic) bond motifs is 1. The molecule has 0 bridgehead atoms. The van der Waals surface area contributed by atoms with Gasteiger partial charge in [-0.2, -0.15) is 0 Å². The predicted octanol–water partition coefficient (Wildman–Crippen LogP) is 4.14. The number of hydrogen-bond acceptors (Lipinski definition) is 3. The molecule has 0 atom stereocenters. The van der Waals surface area contributed by atoms with E-state index < -0.39 is 0 Å². The number of carbonyl (C=O) groups is 1. The van der Waals surface area contributed by atoms with E-state index in [9.17, 15) is 4.79 Å². The van der Waals surface area contributed by atoms with Gasteiger partial charge < -0.3 is 0 Å². The Morgan fingerprint density at radius 3 is 2.83 bits per heavy atom. The minimum Gasteiger partial charge on any atom is -0.294 e. The van der Waals surface area contributed by atoms with Gasteiger partial charge in [0.15, 0.2) is 5.78 Å². The number of aromatic nitrogens is 1. The fourth-order valence-corrected chi connectivity index (χ4v) is 2.21. The van der Waals surface area contributed by atoms with Crippen LogP contribution in [0.3, 0.4) is 0 Å². The van der Waals surface area contributed by atoms with E-state index in [0.717, 1.165) is 27.8 Å². The Bertz CT molecular complexity index is 578. The molecule has 0 N–H and O–H groups in total. The Hall–Kier alpha value is -1.35. The van der Waals surface area contributed by atoms with Crippen LogP contribution in [0.5, 0.6) is 0 Å². The molecule has 94 valence electrons. The summed E-state index contributed by atoms with van der Waals surface area (Å²) in [6.07, 6.45) is 3.24. The lowest BCUT2D eigenvalue weighted by atomic mass is 9.98. The van der Waals surface area contributed by atoms with Crippen LogP contribution in [-0.4, -0.2) is 10.8 Å². The summed E-state index contributed by atoms with van der Waals surface area (Å²) in [5, 5.41) is 0.902. The minimum atomic E-state index is 0.190. The summed E-state index contributed by atoms with van der Waals surface area (Å²) in [4.78, 5) is 17.3. The zero-order chi connectivity index (χ0) is 13.1. The van der Waals surface area contributed by atoms with Crippen molar-refractivity contribution in [2.45, 2.75) is 31.6 Å². The minimum absolute atomic E-state index is 0.190. The third-order valence-electron chi connectivity index (χ3n) is 3.00. The van der Waals surface area contributed by atoms with Crippen LogP contribution in [-0.2, 0) is 0 Å². The molecule has 0 fully saturated rings. The molecule has 0 saturated heterocycles. The fourth-order valence-electron chi connectivity index (χ4n) is 1.96. The van der Waals surface area contributed by atoms with Gasteiger partial charge in [-0.3, -0.25) is 9.78 Å². The maximum atomic E-state index is 12.2. The first kappa shape index (κ1) is 13.1. The average molecular weight is 259 g/mol. The molecule has 0 aliphatic heterocycles. The van der Waals surface area contributed by atoms with E-state index in [1.807, 2.05) is 24.3 Å². The number of carbonyl (C=O) groups excluding carboxylic acids is 1. The maximum absolute atomic E-state index is 12.2. The number of thiol groups is 1. The third kappa shape index (κ3) is 2.72. The average Bonchev–Trinajstić information content (AvgIpc) is 2.37. The second-order valence-electron chi connectivity index (χ2n) is 4.89. The van der Waals surface area contributed by atoms with Gasteiger partial charge in [-0.25, -0.2) is 0 Å². The van der Waals surface area contributed by atoms with Crippen molar-refractivity contribution in [2.24, 2.45) is 5.92 Å². The van der Waals surface area contributed by atoms with Crippen LogP contribution in [0, 0.1) is 5.92 Å². The highest BCUT2D eigenvalue weighted by Crippen LogP contribution is 2.24. The summed E-state index contributed by atoms with van der Waals surface area (Å²) in [7, 11) is 0. The number of ketones is 1. The molecule has 2 nitrogen and oxygen atoms in total.